The van der Waals surface area contributed by atoms with Gasteiger partial charge in [0, 0.05) is 18.7 Å². The van der Waals surface area contributed by atoms with Crippen molar-refractivity contribution in [3.8, 4) is 0 Å². The lowest BCUT2D eigenvalue weighted by molar-refractivity contribution is -0.116. The number of thioether (sulfide) groups is 1. The summed E-state index contributed by atoms with van der Waals surface area (Å²) in [5, 5.41) is 3.14. The summed E-state index contributed by atoms with van der Waals surface area (Å²) >= 11 is 6.61. The average molecular weight is 219 g/mol. The smallest absolute Gasteiger partial charge is 0.133 e. The Labute approximate surface area is 89.9 Å². The SMILES string of the molecule is CCCCNC(=S)SCCC(C)=O. The molecular weight excluding hydrogens is 202 g/mol. The molecule has 0 aromatic carbocycles. The van der Waals surface area contributed by atoms with Crippen molar-refractivity contribution in [1.29, 1.82) is 0 Å². The fraction of sp³-hybridized carbons (Fsp3) is 0.778. The number of carbonyl (C=O) groups is 1. The molecule has 1 N–H and O–H groups in total. The summed E-state index contributed by atoms with van der Waals surface area (Å²) < 4.78 is 0.815. The zero-order valence-electron chi connectivity index (χ0n) is 8.26. The molecule has 76 valence electrons. The van der Waals surface area contributed by atoms with E-state index in [0.29, 0.717) is 6.42 Å². The number of ketones is 1. The van der Waals surface area contributed by atoms with Crippen molar-refractivity contribution in [2.45, 2.75) is 33.1 Å². The molecule has 0 unspecified atom stereocenters. The summed E-state index contributed by atoms with van der Waals surface area (Å²) in [4.78, 5) is 10.6. The maximum Gasteiger partial charge on any atom is 0.133 e. The summed E-state index contributed by atoms with van der Waals surface area (Å²) in [7, 11) is 0. The Balaban J connectivity index is 3.25. The first-order valence-corrected chi connectivity index (χ1v) is 5.96. The first-order chi connectivity index (χ1) is 6.16. The van der Waals surface area contributed by atoms with Crippen LogP contribution < -0.4 is 5.32 Å². The molecule has 0 saturated carbocycles. The fourth-order valence-corrected chi connectivity index (χ4v) is 1.84. The molecule has 0 aliphatic heterocycles. The molecule has 0 fully saturated rings. The van der Waals surface area contributed by atoms with Gasteiger partial charge in [0.2, 0.25) is 0 Å². The summed E-state index contributed by atoms with van der Waals surface area (Å²) in [6, 6.07) is 0. The van der Waals surface area contributed by atoms with Crippen LogP contribution in [0.15, 0.2) is 0 Å². The van der Waals surface area contributed by atoms with Crippen LogP contribution in [-0.2, 0) is 4.79 Å². The molecule has 0 amide bonds. The van der Waals surface area contributed by atoms with E-state index in [1.807, 2.05) is 0 Å². The lowest BCUT2D eigenvalue weighted by Gasteiger charge is -2.05. The van der Waals surface area contributed by atoms with E-state index in [1.54, 1.807) is 18.7 Å². The second kappa shape index (κ2) is 8.51. The quantitative estimate of drug-likeness (QED) is 0.548. The monoisotopic (exact) mass is 219 g/mol. The molecule has 0 saturated heterocycles. The lowest BCUT2D eigenvalue weighted by Crippen LogP contribution is -2.19. The zero-order valence-corrected chi connectivity index (χ0v) is 9.89. The van der Waals surface area contributed by atoms with E-state index in [4.69, 9.17) is 12.2 Å². The van der Waals surface area contributed by atoms with E-state index in [9.17, 15) is 4.79 Å². The Kier molecular flexibility index (Phi) is 8.45. The second-order valence-electron chi connectivity index (χ2n) is 2.87. The first kappa shape index (κ1) is 12.9. The van der Waals surface area contributed by atoms with Crippen LogP contribution in [-0.4, -0.2) is 22.4 Å². The minimum Gasteiger partial charge on any atom is -0.371 e. The highest BCUT2D eigenvalue weighted by atomic mass is 32.2. The van der Waals surface area contributed by atoms with Crippen LogP contribution in [0, 0.1) is 0 Å². The summed E-state index contributed by atoms with van der Waals surface area (Å²) in [6.45, 7) is 4.70. The third-order valence-corrected chi connectivity index (χ3v) is 2.80. The van der Waals surface area contributed by atoms with Crippen LogP contribution in [0.2, 0.25) is 0 Å². The van der Waals surface area contributed by atoms with Crippen molar-refractivity contribution in [3.05, 3.63) is 0 Å². The highest BCUT2D eigenvalue weighted by Crippen LogP contribution is 2.04. The predicted molar refractivity (Wildman–Crippen MR) is 63.3 cm³/mol. The van der Waals surface area contributed by atoms with E-state index in [2.05, 4.69) is 12.2 Å². The molecule has 4 heteroatoms. The molecule has 0 aromatic rings. The molecule has 0 spiro atoms. The number of carbonyl (C=O) groups excluding carboxylic acids is 1. The van der Waals surface area contributed by atoms with Gasteiger partial charge in [0.25, 0.3) is 0 Å². The van der Waals surface area contributed by atoms with Gasteiger partial charge >= 0.3 is 0 Å². The zero-order chi connectivity index (χ0) is 10.1. The standard InChI is InChI=1S/C9H17NOS2/c1-3-4-6-10-9(12)13-7-5-8(2)11/h3-7H2,1-2H3,(H,10,12). The van der Waals surface area contributed by atoms with Gasteiger partial charge in [-0.1, -0.05) is 37.3 Å². The fourth-order valence-electron chi connectivity index (χ4n) is 0.706. The van der Waals surface area contributed by atoms with Gasteiger partial charge < -0.3 is 5.32 Å². The van der Waals surface area contributed by atoms with Gasteiger partial charge in [-0.05, 0) is 13.3 Å². The highest BCUT2D eigenvalue weighted by Gasteiger charge is 1.98. The normalized spacial score (nSPS) is 9.69. The second-order valence-corrected chi connectivity index (χ2v) is 4.64. The maximum atomic E-state index is 10.6. The van der Waals surface area contributed by atoms with E-state index in [1.165, 1.54) is 6.42 Å². The molecule has 0 aliphatic carbocycles. The Morgan fingerprint density at radius 2 is 2.23 bits per heavy atom. The minimum absolute atomic E-state index is 0.226. The minimum atomic E-state index is 0.226. The van der Waals surface area contributed by atoms with Gasteiger partial charge in [0.1, 0.15) is 10.1 Å². The molecule has 0 aromatic heterocycles. The van der Waals surface area contributed by atoms with Gasteiger partial charge in [-0.2, -0.15) is 0 Å². The van der Waals surface area contributed by atoms with Gasteiger partial charge in [-0.3, -0.25) is 4.79 Å². The van der Waals surface area contributed by atoms with Crippen LogP contribution in [0.25, 0.3) is 0 Å². The third-order valence-electron chi connectivity index (χ3n) is 1.49. The first-order valence-electron chi connectivity index (χ1n) is 4.57. The Morgan fingerprint density at radius 3 is 2.77 bits per heavy atom. The van der Waals surface area contributed by atoms with Crippen LogP contribution in [0.5, 0.6) is 0 Å². The average Bonchev–Trinajstić information content (AvgIpc) is 2.04. The molecule has 0 heterocycles. The molecular formula is C9H17NOS2. The number of thiocarbonyl (C=S) groups is 1. The number of Topliss-reactive ketones (excluding diaryl/α,β-unsaturated/α-hetero) is 1. The van der Waals surface area contributed by atoms with Crippen molar-refractivity contribution in [2.24, 2.45) is 0 Å². The van der Waals surface area contributed by atoms with E-state index >= 15 is 0 Å². The largest absolute Gasteiger partial charge is 0.371 e. The summed E-state index contributed by atoms with van der Waals surface area (Å²) in [5.41, 5.74) is 0. The van der Waals surface area contributed by atoms with Crippen molar-refractivity contribution in [1.82, 2.24) is 5.32 Å². The van der Waals surface area contributed by atoms with E-state index in [0.717, 1.165) is 23.0 Å². The Bertz CT molecular complexity index is 171. The predicted octanol–water partition coefficient (Wildman–Crippen LogP) is 2.37. The van der Waals surface area contributed by atoms with Crippen LogP contribution in [0.3, 0.4) is 0 Å². The molecule has 0 rings (SSSR count). The van der Waals surface area contributed by atoms with Crippen molar-refractivity contribution in [2.75, 3.05) is 12.3 Å². The third kappa shape index (κ3) is 9.83. The number of rotatable bonds is 6. The van der Waals surface area contributed by atoms with Gasteiger partial charge in [0.05, 0.1) is 0 Å². The summed E-state index contributed by atoms with van der Waals surface area (Å²) in [5.74, 6) is 1.02. The Hall–Kier alpha value is -0.0900. The molecule has 13 heavy (non-hydrogen) atoms. The number of unbranched alkanes of at least 4 members (excludes halogenated alkanes) is 1. The van der Waals surface area contributed by atoms with E-state index in [-0.39, 0.29) is 5.78 Å². The molecule has 2 nitrogen and oxygen atoms in total. The van der Waals surface area contributed by atoms with Gasteiger partial charge in [-0.15, -0.1) is 0 Å². The lowest BCUT2D eigenvalue weighted by atomic mass is 10.3. The van der Waals surface area contributed by atoms with Crippen molar-refractivity contribution < 1.29 is 4.79 Å². The van der Waals surface area contributed by atoms with Crippen molar-refractivity contribution >= 4 is 34.1 Å². The molecule has 0 radical (unpaired) electrons. The number of hydrogen-bond donors (Lipinski definition) is 1. The maximum absolute atomic E-state index is 10.6. The van der Waals surface area contributed by atoms with Gasteiger partial charge in [0.15, 0.2) is 0 Å². The van der Waals surface area contributed by atoms with Crippen molar-refractivity contribution in [3.63, 3.8) is 0 Å². The highest BCUT2D eigenvalue weighted by molar-refractivity contribution is 8.22. The molecule has 0 bridgehead atoms. The van der Waals surface area contributed by atoms with Gasteiger partial charge in [-0.25, -0.2) is 0 Å². The summed E-state index contributed by atoms with van der Waals surface area (Å²) in [6.07, 6.45) is 2.93. The molecule has 0 aliphatic rings. The van der Waals surface area contributed by atoms with Crippen LogP contribution in [0.1, 0.15) is 33.1 Å². The Morgan fingerprint density at radius 1 is 1.54 bits per heavy atom. The topological polar surface area (TPSA) is 29.1 Å². The van der Waals surface area contributed by atoms with E-state index < -0.39 is 0 Å². The van der Waals surface area contributed by atoms with Crippen LogP contribution in [0.4, 0.5) is 0 Å². The van der Waals surface area contributed by atoms with Crippen LogP contribution >= 0.6 is 24.0 Å². The molecule has 0 atom stereocenters. The number of nitrogens with one attached hydrogen (secondary N) is 1. The number of hydrogen-bond acceptors (Lipinski definition) is 3.